The second-order valence-corrected chi connectivity index (χ2v) is 6.14. The summed E-state index contributed by atoms with van der Waals surface area (Å²) in [6.45, 7) is 5.26. The summed E-state index contributed by atoms with van der Waals surface area (Å²) in [6, 6.07) is 14.5. The number of halogens is 2. The standard InChI is InChI=1S/C18H21Cl2N/c1-3-10-21-18(14-7-4-6-13(2)11-14)12-15-16(19)8-5-9-17(15)20/h4-9,11,18,21H,3,10,12H2,1-2H3. The zero-order valence-electron chi connectivity index (χ0n) is 12.5. The number of hydrogen-bond donors (Lipinski definition) is 1. The Kier molecular flexibility index (Phi) is 6.10. The fraction of sp³-hybridized carbons (Fsp3) is 0.333. The molecular weight excluding hydrogens is 301 g/mol. The minimum absolute atomic E-state index is 0.224. The predicted octanol–water partition coefficient (Wildman–Crippen LogP) is 5.59. The zero-order chi connectivity index (χ0) is 15.2. The van der Waals surface area contributed by atoms with Crippen molar-refractivity contribution in [2.24, 2.45) is 0 Å². The van der Waals surface area contributed by atoms with Gasteiger partial charge in [0.05, 0.1) is 0 Å². The zero-order valence-corrected chi connectivity index (χ0v) is 14.0. The molecule has 0 amide bonds. The highest BCUT2D eigenvalue weighted by Gasteiger charge is 2.15. The van der Waals surface area contributed by atoms with Crippen molar-refractivity contribution >= 4 is 23.2 Å². The number of benzene rings is 2. The molecule has 0 aromatic heterocycles. The molecule has 0 aliphatic carbocycles. The molecule has 0 saturated heterocycles. The second-order valence-electron chi connectivity index (χ2n) is 5.33. The van der Waals surface area contributed by atoms with Gasteiger partial charge in [-0.3, -0.25) is 0 Å². The van der Waals surface area contributed by atoms with Gasteiger partial charge in [0, 0.05) is 16.1 Å². The van der Waals surface area contributed by atoms with Gasteiger partial charge in [-0.1, -0.05) is 66.0 Å². The molecule has 2 aromatic rings. The SMILES string of the molecule is CCCNC(Cc1c(Cl)cccc1Cl)c1cccc(C)c1. The number of nitrogens with one attached hydrogen (secondary N) is 1. The summed E-state index contributed by atoms with van der Waals surface area (Å²) in [5.74, 6) is 0. The molecular formula is C18H21Cl2N. The highest BCUT2D eigenvalue weighted by molar-refractivity contribution is 6.36. The van der Waals surface area contributed by atoms with Crippen LogP contribution < -0.4 is 5.32 Å². The van der Waals surface area contributed by atoms with Gasteiger partial charge >= 0.3 is 0 Å². The molecule has 0 aliphatic heterocycles. The van der Waals surface area contributed by atoms with Crippen molar-refractivity contribution in [2.45, 2.75) is 32.7 Å². The van der Waals surface area contributed by atoms with Gasteiger partial charge in [0.15, 0.2) is 0 Å². The highest BCUT2D eigenvalue weighted by Crippen LogP contribution is 2.29. The van der Waals surface area contributed by atoms with E-state index in [9.17, 15) is 0 Å². The molecule has 0 aliphatic rings. The molecule has 1 atom stereocenters. The first-order chi connectivity index (χ1) is 10.1. The van der Waals surface area contributed by atoms with Crippen LogP contribution in [0.3, 0.4) is 0 Å². The van der Waals surface area contributed by atoms with Gasteiger partial charge in [-0.15, -0.1) is 0 Å². The van der Waals surface area contributed by atoms with E-state index in [0.717, 1.165) is 35.0 Å². The monoisotopic (exact) mass is 321 g/mol. The Morgan fingerprint density at radius 3 is 2.33 bits per heavy atom. The van der Waals surface area contributed by atoms with Crippen LogP contribution in [0.15, 0.2) is 42.5 Å². The van der Waals surface area contributed by atoms with Gasteiger partial charge in [-0.2, -0.15) is 0 Å². The number of hydrogen-bond acceptors (Lipinski definition) is 1. The molecule has 3 heteroatoms. The van der Waals surface area contributed by atoms with Crippen LogP contribution in [0.1, 0.15) is 36.1 Å². The average molecular weight is 322 g/mol. The van der Waals surface area contributed by atoms with Gasteiger partial charge in [0.25, 0.3) is 0 Å². The summed E-state index contributed by atoms with van der Waals surface area (Å²) in [5.41, 5.74) is 3.55. The van der Waals surface area contributed by atoms with E-state index in [4.69, 9.17) is 23.2 Å². The van der Waals surface area contributed by atoms with Crippen LogP contribution in [0.2, 0.25) is 10.0 Å². The van der Waals surface area contributed by atoms with Crippen molar-refractivity contribution in [2.75, 3.05) is 6.54 Å². The largest absolute Gasteiger partial charge is 0.310 e. The number of rotatable bonds is 6. The van der Waals surface area contributed by atoms with E-state index >= 15 is 0 Å². The average Bonchev–Trinajstić information content (AvgIpc) is 2.46. The molecule has 0 spiro atoms. The minimum Gasteiger partial charge on any atom is -0.310 e. The Bertz CT molecular complexity index is 575. The Morgan fingerprint density at radius 2 is 1.71 bits per heavy atom. The summed E-state index contributed by atoms with van der Waals surface area (Å²) in [4.78, 5) is 0. The summed E-state index contributed by atoms with van der Waals surface area (Å²) in [5, 5.41) is 5.07. The van der Waals surface area contributed by atoms with E-state index in [0.29, 0.717) is 0 Å². The molecule has 1 nitrogen and oxygen atoms in total. The molecule has 0 fully saturated rings. The van der Waals surface area contributed by atoms with Crippen molar-refractivity contribution in [3.05, 3.63) is 69.2 Å². The molecule has 1 unspecified atom stereocenters. The van der Waals surface area contributed by atoms with Gasteiger partial charge in [-0.05, 0) is 49.6 Å². The van der Waals surface area contributed by atoms with Gasteiger partial charge in [0.1, 0.15) is 0 Å². The van der Waals surface area contributed by atoms with E-state index in [2.05, 4.69) is 43.4 Å². The van der Waals surface area contributed by atoms with Crippen molar-refractivity contribution < 1.29 is 0 Å². The van der Waals surface area contributed by atoms with Crippen LogP contribution >= 0.6 is 23.2 Å². The molecule has 0 bridgehead atoms. The lowest BCUT2D eigenvalue weighted by Crippen LogP contribution is -2.24. The minimum atomic E-state index is 0.224. The molecule has 21 heavy (non-hydrogen) atoms. The Hall–Kier alpha value is -1.02. The third kappa shape index (κ3) is 4.47. The van der Waals surface area contributed by atoms with Crippen molar-refractivity contribution in [1.82, 2.24) is 5.32 Å². The molecule has 112 valence electrons. The second kappa shape index (κ2) is 7.84. The van der Waals surface area contributed by atoms with Crippen molar-refractivity contribution in [1.29, 1.82) is 0 Å². The highest BCUT2D eigenvalue weighted by atomic mass is 35.5. The van der Waals surface area contributed by atoms with Crippen LogP contribution in [0.5, 0.6) is 0 Å². The predicted molar refractivity (Wildman–Crippen MR) is 92.4 cm³/mol. The molecule has 2 aromatic carbocycles. The lowest BCUT2D eigenvalue weighted by molar-refractivity contribution is 0.529. The summed E-state index contributed by atoms with van der Waals surface area (Å²) in [7, 11) is 0. The first-order valence-electron chi connectivity index (χ1n) is 7.34. The Morgan fingerprint density at radius 1 is 1.05 bits per heavy atom. The maximum absolute atomic E-state index is 6.31. The maximum Gasteiger partial charge on any atom is 0.0453 e. The maximum atomic E-state index is 6.31. The topological polar surface area (TPSA) is 12.0 Å². The van der Waals surface area contributed by atoms with Crippen LogP contribution in [-0.2, 0) is 6.42 Å². The lowest BCUT2D eigenvalue weighted by Gasteiger charge is -2.21. The Balaban J connectivity index is 2.28. The lowest BCUT2D eigenvalue weighted by atomic mass is 9.97. The first kappa shape index (κ1) is 16.4. The first-order valence-corrected chi connectivity index (χ1v) is 8.10. The van der Waals surface area contributed by atoms with Gasteiger partial charge in [-0.25, -0.2) is 0 Å². The van der Waals surface area contributed by atoms with Crippen molar-refractivity contribution in [3.63, 3.8) is 0 Å². The van der Waals surface area contributed by atoms with Crippen LogP contribution in [0.4, 0.5) is 0 Å². The van der Waals surface area contributed by atoms with E-state index in [-0.39, 0.29) is 6.04 Å². The van der Waals surface area contributed by atoms with E-state index in [1.54, 1.807) is 0 Å². The summed E-state index contributed by atoms with van der Waals surface area (Å²) < 4.78 is 0. The molecule has 2 rings (SSSR count). The third-order valence-electron chi connectivity index (χ3n) is 3.56. The Labute approximate surface area is 137 Å². The quantitative estimate of drug-likeness (QED) is 0.731. The molecule has 0 saturated carbocycles. The fourth-order valence-corrected chi connectivity index (χ4v) is 3.00. The van der Waals surface area contributed by atoms with Crippen molar-refractivity contribution in [3.8, 4) is 0 Å². The molecule has 0 heterocycles. The van der Waals surface area contributed by atoms with Crippen LogP contribution in [0.25, 0.3) is 0 Å². The van der Waals surface area contributed by atoms with Crippen LogP contribution in [-0.4, -0.2) is 6.54 Å². The van der Waals surface area contributed by atoms with E-state index in [1.165, 1.54) is 11.1 Å². The van der Waals surface area contributed by atoms with Crippen LogP contribution in [0, 0.1) is 6.92 Å². The molecule has 0 radical (unpaired) electrons. The van der Waals surface area contributed by atoms with Gasteiger partial charge in [0.2, 0.25) is 0 Å². The smallest absolute Gasteiger partial charge is 0.0453 e. The summed E-state index contributed by atoms with van der Waals surface area (Å²) in [6.07, 6.45) is 1.89. The van der Waals surface area contributed by atoms with Gasteiger partial charge < -0.3 is 5.32 Å². The summed E-state index contributed by atoms with van der Waals surface area (Å²) >= 11 is 12.6. The van der Waals surface area contributed by atoms with E-state index < -0.39 is 0 Å². The third-order valence-corrected chi connectivity index (χ3v) is 4.26. The number of aryl methyl sites for hydroxylation is 1. The van der Waals surface area contributed by atoms with E-state index in [1.807, 2.05) is 18.2 Å². The molecule has 1 N–H and O–H groups in total. The fourth-order valence-electron chi connectivity index (χ4n) is 2.44. The normalized spacial score (nSPS) is 12.4.